The Morgan fingerprint density at radius 2 is 1.85 bits per heavy atom. The molecule has 0 amide bonds. The summed E-state index contributed by atoms with van der Waals surface area (Å²) >= 11 is 0. The van der Waals surface area contributed by atoms with Gasteiger partial charge in [-0.15, -0.1) is 5.10 Å². The fourth-order valence-electron chi connectivity index (χ4n) is 3.57. The van der Waals surface area contributed by atoms with Gasteiger partial charge < -0.3 is 21.5 Å². The number of aromatic nitrogens is 4. The van der Waals surface area contributed by atoms with Crippen LogP contribution in [0.4, 0.5) is 5.69 Å². The van der Waals surface area contributed by atoms with Crippen LogP contribution in [0.1, 0.15) is 0 Å². The molecule has 3 rings (SSSR count). The topological polar surface area (TPSA) is 240 Å². The average molecular weight is 505 g/mol. The number of anilines is 1. The summed E-state index contributed by atoms with van der Waals surface area (Å²) in [5, 5.41) is 28.4. The number of rotatable bonds is 10. The Morgan fingerprint density at radius 1 is 1.15 bits per heavy atom. The number of hydrogen-bond donors (Lipinski definition) is 6. The number of primary sulfonamides is 1. The van der Waals surface area contributed by atoms with Crippen LogP contribution >= 0.6 is 0 Å². The Hall–Kier alpha value is -2.25. The van der Waals surface area contributed by atoms with Crippen LogP contribution in [0.25, 0.3) is 11.4 Å². The van der Waals surface area contributed by atoms with E-state index >= 15 is 0 Å². The van der Waals surface area contributed by atoms with Crippen LogP contribution in [0.2, 0.25) is 0 Å². The van der Waals surface area contributed by atoms with Crippen LogP contribution < -0.4 is 26.2 Å². The monoisotopic (exact) mass is 504 g/mol. The molecular weight excluding hydrogens is 476 g/mol. The van der Waals surface area contributed by atoms with Gasteiger partial charge in [0, 0.05) is 58.0 Å². The smallest absolute Gasteiger partial charge is 0.242 e. The maximum absolute atomic E-state index is 13.0. The minimum Gasteiger partial charge on any atom is -0.390 e. The number of aliphatic hydroxyl groups excluding tert-OH is 1. The summed E-state index contributed by atoms with van der Waals surface area (Å²) in [5.41, 5.74) is 11.3. The molecule has 1 aromatic carbocycles. The highest BCUT2D eigenvalue weighted by molar-refractivity contribution is 7.92. The van der Waals surface area contributed by atoms with E-state index in [1.165, 1.54) is 6.07 Å². The summed E-state index contributed by atoms with van der Waals surface area (Å²) in [7, 11) is -8.98. The first-order chi connectivity index (χ1) is 15.6. The van der Waals surface area contributed by atoms with E-state index < -0.39 is 42.5 Å². The lowest BCUT2D eigenvalue weighted by Gasteiger charge is -2.37. The van der Waals surface area contributed by atoms with Gasteiger partial charge in [0.25, 0.3) is 0 Å². The van der Waals surface area contributed by atoms with Crippen molar-refractivity contribution in [1.29, 1.82) is 0 Å². The highest BCUT2D eigenvalue weighted by atomic mass is 32.2. The van der Waals surface area contributed by atoms with Gasteiger partial charge in [0.1, 0.15) is 9.79 Å². The van der Waals surface area contributed by atoms with Crippen molar-refractivity contribution in [1.82, 2.24) is 30.2 Å². The second-order valence-corrected chi connectivity index (χ2v) is 10.7. The molecular formula is C16H28N10O5S2. The number of aromatic amines is 1. The van der Waals surface area contributed by atoms with Crippen LogP contribution in [0.5, 0.6) is 0 Å². The zero-order valence-electron chi connectivity index (χ0n) is 17.8. The van der Waals surface area contributed by atoms with Crippen molar-refractivity contribution in [2.75, 3.05) is 57.3 Å². The summed E-state index contributed by atoms with van der Waals surface area (Å²) < 4.78 is 53.4. The molecule has 1 atom stereocenters. The van der Waals surface area contributed by atoms with Gasteiger partial charge in [0.15, 0.2) is 5.82 Å². The van der Waals surface area contributed by atoms with Crippen LogP contribution in [-0.4, -0.2) is 106 Å². The van der Waals surface area contributed by atoms with E-state index in [1.54, 1.807) is 0 Å². The van der Waals surface area contributed by atoms with Gasteiger partial charge in [-0.2, -0.15) is 0 Å². The Morgan fingerprint density at radius 3 is 2.39 bits per heavy atom. The maximum Gasteiger partial charge on any atom is 0.242 e. The predicted octanol–water partition coefficient (Wildman–Crippen LogP) is -3.81. The SMILES string of the molecule is NCCN1CCN(c2ccc(S(=O)(=O)NC[C@H](O)CN)c(S(N)(=O)=O)c2-c2nnn[nH]2)CC1. The van der Waals surface area contributed by atoms with Crippen molar-refractivity contribution in [3.05, 3.63) is 12.1 Å². The summed E-state index contributed by atoms with van der Waals surface area (Å²) in [6.07, 6.45) is -1.15. The third kappa shape index (κ3) is 5.82. The van der Waals surface area contributed by atoms with E-state index in [2.05, 4.69) is 30.2 Å². The molecule has 1 saturated heterocycles. The first kappa shape index (κ1) is 25.4. The quantitative estimate of drug-likeness (QED) is 0.182. The Labute approximate surface area is 191 Å². The number of hydrogen-bond acceptors (Lipinski definition) is 12. The number of tetrazole rings is 1. The normalized spacial score (nSPS) is 16.8. The molecule has 0 spiro atoms. The molecule has 1 aliphatic heterocycles. The summed E-state index contributed by atoms with van der Waals surface area (Å²) in [6.45, 7) is 3.07. The number of nitrogens with zero attached hydrogens (tertiary/aromatic N) is 5. The van der Waals surface area contributed by atoms with E-state index in [1.807, 2.05) is 4.90 Å². The third-order valence-corrected chi connectivity index (χ3v) is 7.78. The minimum atomic E-state index is -4.57. The number of aliphatic hydroxyl groups is 1. The van der Waals surface area contributed by atoms with Crippen molar-refractivity contribution in [3.63, 3.8) is 0 Å². The number of benzene rings is 1. The number of nitrogens with one attached hydrogen (secondary N) is 2. The second-order valence-electron chi connectivity index (χ2n) is 7.44. The number of nitrogens with two attached hydrogens (primary N) is 3. The molecule has 1 aliphatic rings. The molecule has 184 valence electrons. The van der Waals surface area contributed by atoms with Crippen LogP contribution in [0, 0.1) is 0 Å². The molecule has 0 bridgehead atoms. The molecule has 15 nitrogen and oxygen atoms in total. The maximum atomic E-state index is 13.0. The molecule has 2 heterocycles. The predicted molar refractivity (Wildman–Crippen MR) is 119 cm³/mol. The summed E-state index contributed by atoms with van der Waals surface area (Å²) in [5.74, 6) is -0.0579. The lowest BCUT2D eigenvalue weighted by Crippen LogP contribution is -2.48. The van der Waals surface area contributed by atoms with Crippen molar-refractivity contribution in [2.45, 2.75) is 15.9 Å². The molecule has 9 N–H and O–H groups in total. The largest absolute Gasteiger partial charge is 0.390 e. The van der Waals surface area contributed by atoms with E-state index in [9.17, 15) is 21.9 Å². The molecule has 0 radical (unpaired) electrons. The molecule has 2 aromatic rings. The van der Waals surface area contributed by atoms with Crippen molar-refractivity contribution >= 4 is 25.7 Å². The average Bonchev–Trinajstić information content (AvgIpc) is 3.31. The van der Waals surface area contributed by atoms with Gasteiger partial charge in [0.2, 0.25) is 20.0 Å². The minimum absolute atomic E-state index is 0.0579. The van der Waals surface area contributed by atoms with Crippen LogP contribution in [0.15, 0.2) is 21.9 Å². The zero-order valence-corrected chi connectivity index (χ0v) is 19.4. The van der Waals surface area contributed by atoms with E-state index in [4.69, 9.17) is 16.6 Å². The standard InChI is InChI=1S/C16H28N10O5S2/c17-3-4-25-5-7-26(8-6-25)12-1-2-13(33(30,31)20-10-11(27)9-18)15(32(19,28)29)14(12)16-21-23-24-22-16/h1-2,11,20,27H,3-10,17-18H2,(H2,19,28,29)(H,21,22,23,24)/t11-/m1/s1. The fourth-order valence-corrected chi connectivity index (χ4v) is 6.24. The fraction of sp³-hybridized carbons (Fsp3) is 0.562. The first-order valence-electron chi connectivity index (χ1n) is 10.1. The van der Waals surface area contributed by atoms with Gasteiger partial charge in [-0.05, 0) is 22.6 Å². The van der Waals surface area contributed by atoms with Crippen molar-refractivity contribution in [3.8, 4) is 11.4 Å². The lowest BCUT2D eigenvalue weighted by molar-refractivity contribution is 0.186. The number of sulfonamides is 2. The number of piperazine rings is 1. The molecule has 0 saturated carbocycles. The second kappa shape index (κ2) is 10.3. The molecule has 17 heteroatoms. The summed E-state index contributed by atoms with van der Waals surface area (Å²) in [6, 6.07) is 2.64. The van der Waals surface area contributed by atoms with Crippen molar-refractivity contribution < 1.29 is 21.9 Å². The highest BCUT2D eigenvalue weighted by Gasteiger charge is 2.33. The van der Waals surface area contributed by atoms with Gasteiger partial charge >= 0.3 is 0 Å². The molecule has 1 aromatic heterocycles. The van der Waals surface area contributed by atoms with E-state index in [0.717, 1.165) is 12.6 Å². The van der Waals surface area contributed by atoms with E-state index in [-0.39, 0.29) is 17.9 Å². The molecule has 0 aliphatic carbocycles. The van der Waals surface area contributed by atoms with Crippen molar-refractivity contribution in [2.24, 2.45) is 16.6 Å². The molecule has 33 heavy (non-hydrogen) atoms. The van der Waals surface area contributed by atoms with Gasteiger partial charge in [-0.1, -0.05) is 0 Å². The van der Waals surface area contributed by atoms with E-state index in [0.29, 0.717) is 38.4 Å². The number of H-pyrrole nitrogens is 1. The van der Waals surface area contributed by atoms with Gasteiger partial charge in [-0.3, -0.25) is 4.90 Å². The Bertz CT molecular complexity index is 1150. The Kier molecular flexibility index (Phi) is 7.96. The van der Waals surface area contributed by atoms with Crippen LogP contribution in [-0.2, 0) is 20.0 Å². The van der Waals surface area contributed by atoms with Gasteiger partial charge in [-0.25, -0.2) is 31.8 Å². The third-order valence-electron chi connectivity index (χ3n) is 5.20. The zero-order chi connectivity index (χ0) is 24.2. The summed E-state index contributed by atoms with van der Waals surface area (Å²) in [4.78, 5) is 2.82. The lowest BCUT2D eigenvalue weighted by atomic mass is 10.1. The van der Waals surface area contributed by atoms with Gasteiger partial charge in [0.05, 0.1) is 11.7 Å². The Balaban J connectivity index is 2.14. The molecule has 0 unspecified atom stereocenters. The van der Waals surface area contributed by atoms with Crippen LogP contribution in [0.3, 0.4) is 0 Å². The molecule has 1 fully saturated rings. The highest BCUT2D eigenvalue weighted by Crippen LogP contribution is 2.38. The first-order valence-corrected chi connectivity index (χ1v) is 13.1.